The first-order chi connectivity index (χ1) is 14.1. The lowest BCUT2D eigenvalue weighted by Crippen LogP contribution is -2.36. The highest BCUT2D eigenvalue weighted by molar-refractivity contribution is 5.92. The minimum Gasteiger partial charge on any atom is -0.325 e. The Hall–Kier alpha value is -3.25. The second-order valence-electron chi connectivity index (χ2n) is 7.28. The van der Waals surface area contributed by atoms with Crippen LogP contribution in [-0.2, 0) is 4.79 Å². The Morgan fingerprint density at radius 3 is 2.59 bits per heavy atom. The molecule has 5 nitrogen and oxygen atoms in total. The van der Waals surface area contributed by atoms with E-state index >= 15 is 0 Å². The van der Waals surface area contributed by atoms with Crippen LogP contribution in [0.3, 0.4) is 0 Å². The molecule has 2 heterocycles. The van der Waals surface area contributed by atoms with E-state index < -0.39 is 0 Å². The number of carbonyl (C=O) groups excluding carboxylic acids is 1. The third kappa shape index (κ3) is 4.78. The lowest BCUT2D eigenvalue weighted by atomic mass is 10.0. The van der Waals surface area contributed by atoms with Gasteiger partial charge >= 0.3 is 0 Å². The first-order valence-corrected chi connectivity index (χ1v) is 9.66. The van der Waals surface area contributed by atoms with Crippen molar-refractivity contribution in [3.05, 3.63) is 83.9 Å². The van der Waals surface area contributed by atoms with Gasteiger partial charge in [0, 0.05) is 30.5 Å². The summed E-state index contributed by atoms with van der Waals surface area (Å²) in [5, 5.41) is 7.29. The van der Waals surface area contributed by atoms with Gasteiger partial charge in [0.15, 0.2) is 0 Å². The molecule has 0 atom stereocenters. The highest BCUT2D eigenvalue weighted by Crippen LogP contribution is 2.23. The Labute approximate surface area is 169 Å². The molecular formula is C23H23FN4O. The van der Waals surface area contributed by atoms with Gasteiger partial charge in [-0.25, -0.2) is 9.07 Å². The van der Waals surface area contributed by atoms with Gasteiger partial charge in [-0.3, -0.25) is 9.69 Å². The van der Waals surface area contributed by atoms with E-state index in [9.17, 15) is 9.18 Å². The topological polar surface area (TPSA) is 50.2 Å². The van der Waals surface area contributed by atoms with Crippen molar-refractivity contribution >= 4 is 17.2 Å². The number of carbonyl (C=O) groups is 1. The molecule has 0 fully saturated rings. The maximum absolute atomic E-state index is 13.0. The molecule has 1 amide bonds. The van der Waals surface area contributed by atoms with Crippen LogP contribution in [0.1, 0.15) is 17.5 Å². The Balaban J connectivity index is 1.34. The number of aryl methyl sites for hydroxylation is 1. The van der Waals surface area contributed by atoms with Crippen molar-refractivity contribution in [2.45, 2.75) is 13.3 Å². The van der Waals surface area contributed by atoms with E-state index in [1.165, 1.54) is 23.3 Å². The number of aromatic nitrogens is 2. The molecule has 0 saturated carbocycles. The van der Waals surface area contributed by atoms with E-state index in [0.717, 1.165) is 24.2 Å². The Morgan fingerprint density at radius 1 is 1.14 bits per heavy atom. The van der Waals surface area contributed by atoms with Crippen molar-refractivity contribution in [3.63, 3.8) is 0 Å². The molecule has 0 aliphatic carbocycles. The summed E-state index contributed by atoms with van der Waals surface area (Å²) in [5.74, 6) is -0.414. The molecule has 3 aromatic rings. The van der Waals surface area contributed by atoms with Crippen molar-refractivity contribution in [2.75, 3.05) is 25.0 Å². The normalized spacial score (nSPS) is 14.5. The molecule has 0 unspecified atom stereocenters. The van der Waals surface area contributed by atoms with Gasteiger partial charge in [-0.1, -0.05) is 23.8 Å². The summed E-state index contributed by atoms with van der Waals surface area (Å²) in [6.45, 7) is 3.89. The van der Waals surface area contributed by atoms with E-state index in [1.807, 2.05) is 17.1 Å². The lowest BCUT2D eigenvalue weighted by Gasteiger charge is -2.25. The van der Waals surface area contributed by atoms with Crippen molar-refractivity contribution in [3.8, 4) is 5.69 Å². The van der Waals surface area contributed by atoms with Crippen molar-refractivity contribution in [2.24, 2.45) is 0 Å². The number of amides is 1. The molecule has 29 heavy (non-hydrogen) atoms. The maximum Gasteiger partial charge on any atom is 0.238 e. The first-order valence-electron chi connectivity index (χ1n) is 9.66. The second-order valence-corrected chi connectivity index (χ2v) is 7.28. The summed E-state index contributed by atoms with van der Waals surface area (Å²) in [5.41, 5.74) is 5.23. The third-order valence-corrected chi connectivity index (χ3v) is 5.04. The Bertz CT molecular complexity index is 1020. The van der Waals surface area contributed by atoms with Crippen LogP contribution >= 0.6 is 0 Å². The van der Waals surface area contributed by atoms with Gasteiger partial charge in [-0.05, 0) is 55.3 Å². The summed E-state index contributed by atoms with van der Waals surface area (Å²) in [6, 6.07) is 14.1. The van der Waals surface area contributed by atoms with Gasteiger partial charge in [-0.2, -0.15) is 5.10 Å². The number of hydrogen-bond acceptors (Lipinski definition) is 3. The standard InChI is InChI=1S/C23H23FN4O/c1-17-2-8-22(9-3-17)28-15-19(14-25-28)18-10-12-27(13-11-18)16-23(29)26-21-6-4-20(24)5-7-21/h2-10,14-15H,11-13,16H2,1H3,(H,26,29). The predicted molar refractivity (Wildman–Crippen MR) is 112 cm³/mol. The summed E-state index contributed by atoms with van der Waals surface area (Å²) >= 11 is 0. The SMILES string of the molecule is Cc1ccc(-n2cc(C3=CCN(CC(=O)Nc4ccc(F)cc4)CC3)cn2)cc1. The molecule has 1 N–H and O–H groups in total. The molecule has 4 rings (SSSR count). The van der Waals surface area contributed by atoms with Gasteiger partial charge in [0.2, 0.25) is 5.91 Å². The fourth-order valence-electron chi connectivity index (χ4n) is 3.38. The smallest absolute Gasteiger partial charge is 0.238 e. The zero-order chi connectivity index (χ0) is 20.2. The summed E-state index contributed by atoms with van der Waals surface area (Å²) in [4.78, 5) is 14.3. The van der Waals surface area contributed by atoms with E-state index in [-0.39, 0.29) is 11.7 Å². The van der Waals surface area contributed by atoms with Crippen LogP contribution < -0.4 is 5.32 Å². The van der Waals surface area contributed by atoms with Crippen molar-refractivity contribution in [1.29, 1.82) is 0 Å². The van der Waals surface area contributed by atoms with Gasteiger partial charge in [0.25, 0.3) is 0 Å². The highest BCUT2D eigenvalue weighted by Gasteiger charge is 2.17. The predicted octanol–water partition coefficient (Wildman–Crippen LogP) is 4.05. The Morgan fingerprint density at radius 2 is 1.90 bits per heavy atom. The third-order valence-electron chi connectivity index (χ3n) is 5.04. The van der Waals surface area contributed by atoms with E-state index in [4.69, 9.17) is 0 Å². The van der Waals surface area contributed by atoms with Crippen LogP contribution in [0.25, 0.3) is 11.3 Å². The van der Waals surface area contributed by atoms with E-state index in [2.05, 4.69) is 52.6 Å². The van der Waals surface area contributed by atoms with Crippen LogP contribution in [0.4, 0.5) is 10.1 Å². The monoisotopic (exact) mass is 390 g/mol. The van der Waals surface area contributed by atoms with Crippen LogP contribution in [0, 0.1) is 12.7 Å². The molecule has 0 bridgehead atoms. The van der Waals surface area contributed by atoms with E-state index in [1.54, 1.807) is 12.1 Å². The zero-order valence-corrected chi connectivity index (χ0v) is 16.3. The molecule has 0 saturated heterocycles. The number of rotatable bonds is 5. The number of nitrogens with one attached hydrogen (secondary N) is 1. The van der Waals surface area contributed by atoms with Gasteiger partial charge in [0.05, 0.1) is 18.4 Å². The summed E-state index contributed by atoms with van der Waals surface area (Å²) in [7, 11) is 0. The number of hydrogen-bond donors (Lipinski definition) is 1. The number of halogens is 1. The fourth-order valence-corrected chi connectivity index (χ4v) is 3.38. The molecule has 0 radical (unpaired) electrons. The van der Waals surface area contributed by atoms with E-state index in [0.29, 0.717) is 18.8 Å². The minimum atomic E-state index is -0.317. The van der Waals surface area contributed by atoms with Gasteiger partial charge in [-0.15, -0.1) is 0 Å². The lowest BCUT2D eigenvalue weighted by molar-refractivity contribution is -0.117. The van der Waals surface area contributed by atoms with Gasteiger partial charge < -0.3 is 5.32 Å². The first kappa shape index (κ1) is 19.1. The highest BCUT2D eigenvalue weighted by atomic mass is 19.1. The molecule has 2 aromatic carbocycles. The molecular weight excluding hydrogens is 367 g/mol. The molecule has 1 aromatic heterocycles. The minimum absolute atomic E-state index is 0.0966. The number of benzene rings is 2. The Kier molecular flexibility index (Phi) is 5.53. The molecule has 1 aliphatic heterocycles. The van der Waals surface area contributed by atoms with Crippen LogP contribution in [-0.4, -0.2) is 40.2 Å². The fraction of sp³-hybridized carbons (Fsp3) is 0.217. The van der Waals surface area contributed by atoms with Crippen LogP contribution in [0.15, 0.2) is 67.0 Å². The van der Waals surface area contributed by atoms with Crippen molar-refractivity contribution in [1.82, 2.24) is 14.7 Å². The molecule has 6 heteroatoms. The maximum atomic E-state index is 13.0. The average molecular weight is 390 g/mol. The second kappa shape index (κ2) is 8.41. The summed E-state index contributed by atoms with van der Waals surface area (Å²) in [6.07, 6.45) is 6.96. The number of anilines is 1. The van der Waals surface area contributed by atoms with Crippen LogP contribution in [0.5, 0.6) is 0 Å². The summed E-state index contributed by atoms with van der Waals surface area (Å²) < 4.78 is 14.8. The number of nitrogens with zero attached hydrogens (tertiary/aromatic N) is 3. The molecule has 0 spiro atoms. The largest absolute Gasteiger partial charge is 0.325 e. The quantitative estimate of drug-likeness (QED) is 0.715. The zero-order valence-electron chi connectivity index (χ0n) is 16.3. The van der Waals surface area contributed by atoms with Crippen molar-refractivity contribution < 1.29 is 9.18 Å². The van der Waals surface area contributed by atoms with Gasteiger partial charge in [0.1, 0.15) is 5.82 Å². The molecule has 148 valence electrons. The molecule has 1 aliphatic rings. The average Bonchev–Trinajstić information content (AvgIpc) is 3.21. The van der Waals surface area contributed by atoms with Crippen LogP contribution in [0.2, 0.25) is 0 Å².